The standard InChI is InChI=1S/C48H98O20/c1-9-17-49-25-27-53-33-43(57-31-29-51-19-11-3)35-55-41-47(59-37-44(58-32-30-52-20-12-4)34-54-28-26-50-18-10-2)48(60-38-46(68-64-24-16-8)40-66-62-22-14-6)42-56-36-45(67-63-23-15-7)39-65-61-21-13-5/h43-48H,9-42H2,1-8H3. The summed E-state index contributed by atoms with van der Waals surface area (Å²) in [6.45, 7) is 25.0. The Morgan fingerprint density at radius 3 is 0.926 bits per heavy atom. The predicted molar refractivity (Wildman–Crippen MR) is 253 cm³/mol. The zero-order valence-electron chi connectivity index (χ0n) is 43.7. The minimum absolute atomic E-state index is 0.0214. The van der Waals surface area contributed by atoms with E-state index in [9.17, 15) is 0 Å². The molecule has 0 radical (unpaired) electrons. The van der Waals surface area contributed by atoms with Crippen LogP contribution in [0.2, 0.25) is 0 Å². The topological polar surface area (TPSA) is 185 Å². The van der Waals surface area contributed by atoms with Crippen LogP contribution in [0.1, 0.15) is 107 Å². The third-order valence-electron chi connectivity index (χ3n) is 8.72. The molecule has 68 heavy (non-hydrogen) atoms. The number of ether oxygens (including phenoxy) is 12. The lowest BCUT2D eigenvalue weighted by atomic mass is 10.2. The van der Waals surface area contributed by atoms with Gasteiger partial charge >= 0.3 is 0 Å². The van der Waals surface area contributed by atoms with Crippen molar-refractivity contribution in [2.45, 2.75) is 143 Å². The highest BCUT2D eigenvalue weighted by Crippen LogP contribution is 2.14. The van der Waals surface area contributed by atoms with Gasteiger partial charge in [-0.1, -0.05) is 55.4 Å². The maximum absolute atomic E-state index is 6.71. The van der Waals surface area contributed by atoms with E-state index in [1.165, 1.54) is 0 Å². The molecule has 20 nitrogen and oxygen atoms in total. The van der Waals surface area contributed by atoms with Crippen molar-refractivity contribution in [3.8, 4) is 0 Å². The normalized spacial score (nSPS) is 14.6. The molecule has 410 valence electrons. The Morgan fingerprint density at radius 1 is 0.206 bits per heavy atom. The Hall–Kier alpha value is -0.800. The molecule has 6 unspecified atom stereocenters. The van der Waals surface area contributed by atoms with Gasteiger partial charge in [-0.05, 0) is 51.4 Å². The van der Waals surface area contributed by atoms with Crippen molar-refractivity contribution in [2.75, 3.05) is 172 Å². The lowest BCUT2D eigenvalue weighted by Gasteiger charge is -2.31. The molecule has 0 aliphatic carbocycles. The molecule has 0 aromatic carbocycles. The van der Waals surface area contributed by atoms with E-state index in [0.717, 1.165) is 51.4 Å². The fourth-order valence-electron chi connectivity index (χ4n) is 5.30. The van der Waals surface area contributed by atoms with Crippen molar-refractivity contribution in [3.05, 3.63) is 0 Å². The molecule has 0 spiro atoms. The van der Waals surface area contributed by atoms with Crippen molar-refractivity contribution >= 4 is 0 Å². The lowest BCUT2D eigenvalue weighted by molar-refractivity contribution is -0.374. The first-order valence-corrected chi connectivity index (χ1v) is 25.7. The van der Waals surface area contributed by atoms with E-state index in [1.54, 1.807) is 0 Å². The molecular weight excluding hydrogens is 897 g/mol. The Labute approximate surface area is 410 Å². The second-order valence-corrected chi connectivity index (χ2v) is 15.7. The smallest absolute Gasteiger partial charge is 0.143 e. The Kier molecular flexibility index (Phi) is 54.9. The van der Waals surface area contributed by atoms with Gasteiger partial charge < -0.3 is 56.8 Å². The Balaban J connectivity index is 6.63. The van der Waals surface area contributed by atoms with Gasteiger partial charge in [-0.3, -0.25) is 0 Å². The summed E-state index contributed by atoms with van der Waals surface area (Å²) < 4.78 is 73.1. The van der Waals surface area contributed by atoms with Crippen LogP contribution in [0, 0.1) is 0 Å². The Bertz CT molecular complexity index is 948. The van der Waals surface area contributed by atoms with Crippen LogP contribution in [-0.4, -0.2) is 208 Å². The van der Waals surface area contributed by atoms with Crippen LogP contribution in [0.5, 0.6) is 0 Å². The molecule has 0 N–H and O–H groups in total. The molecule has 20 heteroatoms. The third-order valence-corrected chi connectivity index (χ3v) is 8.72. The second-order valence-electron chi connectivity index (χ2n) is 15.7. The summed E-state index contributed by atoms with van der Waals surface area (Å²) in [6, 6.07) is 0. The molecule has 0 rings (SSSR count). The van der Waals surface area contributed by atoms with Gasteiger partial charge in [0.2, 0.25) is 0 Å². The van der Waals surface area contributed by atoms with Crippen molar-refractivity contribution in [3.63, 3.8) is 0 Å². The van der Waals surface area contributed by atoms with Gasteiger partial charge in [-0.25, -0.2) is 39.1 Å². The van der Waals surface area contributed by atoms with Gasteiger partial charge in [0.25, 0.3) is 0 Å². The maximum atomic E-state index is 6.71. The van der Waals surface area contributed by atoms with E-state index in [4.69, 9.17) is 95.9 Å². The molecule has 0 aromatic heterocycles. The van der Waals surface area contributed by atoms with Gasteiger partial charge in [-0.2, -0.15) is 0 Å². The van der Waals surface area contributed by atoms with Crippen LogP contribution >= 0.6 is 0 Å². The lowest BCUT2D eigenvalue weighted by Crippen LogP contribution is -2.44. The van der Waals surface area contributed by atoms with Gasteiger partial charge in [0.1, 0.15) is 49.8 Å². The summed E-state index contributed by atoms with van der Waals surface area (Å²) in [5.74, 6) is 0. The highest BCUT2D eigenvalue weighted by Gasteiger charge is 2.29. The molecule has 0 bridgehead atoms. The fraction of sp³-hybridized carbons (Fsp3) is 1.00. The van der Waals surface area contributed by atoms with E-state index in [1.807, 2.05) is 27.7 Å². The predicted octanol–water partition coefficient (Wildman–Crippen LogP) is 6.47. The van der Waals surface area contributed by atoms with Crippen LogP contribution in [0.25, 0.3) is 0 Å². The van der Waals surface area contributed by atoms with E-state index in [0.29, 0.717) is 106 Å². The quantitative estimate of drug-likeness (QED) is 0.0367. The van der Waals surface area contributed by atoms with Crippen LogP contribution in [0.4, 0.5) is 0 Å². The molecule has 0 heterocycles. The third kappa shape index (κ3) is 45.1. The zero-order chi connectivity index (χ0) is 49.6. The number of hydrogen-bond donors (Lipinski definition) is 0. The minimum atomic E-state index is -0.746. The molecule has 0 aliphatic heterocycles. The van der Waals surface area contributed by atoms with E-state index >= 15 is 0 Å². The van der Waals surface area contributed by atoms with E-state index in [-0.39, 0.29) is 66.1 Å². The first-order chi connectivity index (χ1) is 33.5. The molecule has 0 saturated heterocycles. The van der Waals surface area contributed by atoms with Gasteiger partial charge in [0.15, 0.2) is 0 Å². The van der Waals surface area contributed by atoms with Crippen molar-refractivity contribution in [1.29, 1.82) is 0 Å². The average Bonchev–Trinajstić information content (AvgIpc) is 3.34. The average molecular weight is 995 g/mol. The van der Waals surface area contributed by atoms with Crippen LogP contribution in [0.3, 0.4) is 0 Å². The van der Waals surface area contributed by atoms with Crippen molar-refractivity contribution in [1.82, 2.24) is 0 Å². The summed E-state index contributed by atoms with van der Waals surface area (Å²) >= 11 is 0. The highest BCUT2D eigenvalue weighted by molar-refractivity contribution is 4.75. The number of rotatable bonds is 59. The van der Waals surface area contributed by atoms with Crippen LogP contribution < -0.4 is 0 Å². The van der Waals surface area contributed by atoms with E-state index < -0.39 is 36.6 Å². The summed E-state index contributed by atoms with van der Waals surface area (Å²) in [6.07, 6.45) is 3.14. The van der Waals surface area contributed by atoms with Crippen LogP contribution in [0.15, 0.2) is 0 Å². The molecule has 0 saturated carbocycles. The molecule has 0 fully saturated rings. The van der Waals surface area contributed by atoms with Gasteiger partial charge in [-0.15, -0.1) is 0 Å². The van der Waals surface area contributed by atoms with Crippen LogP contribution in [-0.2, 0) is 95.9 Å². The highest BCUT2D eigenvalue weighted by atomic mass is 17.2. The fourth-order valence-corrected chi connectivity index (χ4v) is 5.30. The van der Waals surface area contributed by atoms with E-state index in [2.05, 4.69) is 27.7 Å². The molecule has 0 aliphatic rings. The minimum Gasteiger partial charge on any atom is -0.379 e. The molecule has 0 amide bonds. The maximum Gasteiger partial charge on any atom is 0.143 e. The molecular formula is C48H98O20. The second kappa shape index (κ2) is 55.5. The summed E-state index contributed by atoms with van der Waals surface area (Å²) in [5.41, 5.74) is 0. The first-order valence-electron chi connectivity index (χ1n) is 25.7. The Morgan fingerprint density at radius 2 is 0.515 bits per heavy atom. The summed E-state index contributed by atoms with van der Waals surface area (Å²) in [4.78, 5) is 43.7. The van der Waals surface area contributed by atoms with Gasteiger partial charge in [0, 0.05) is 26.4 Å². The largest absolute Gasteiger partial charge is 0.379 e. The molecule has 0 aromatic rings. The summed E-state index contributed by atoms with van der Waals surface area (Å²) in [5, 5.41) is 0. The van der Waals surface area contributed by atoms with Crippen molar-refractivity contribution < 1.29 is 95.9 Å². The SMILES string of the molecule is CCCOCCOCC(COCC(OCC(COCCOCCC)OCCOCCC)C(COCC(COOCCC)OOCCC)OCC(COOCCC)OOCCC)OCCOCCC. The van der Waals surface area contributed by atoms with Crippen molar-refractivity contribution in [2.24, 2.45) is 0 Å². The monoisotopic (exact) mass is 995 g/mol. The number of hydrogen-bond acceptors (Lipinski definition) is 20. The van der Waals surface area contributed by atoms with Gasteiger partial charge in [0.05, 0.1) is 132 Å². The summed E-state index contributed by atoms with van der Waals surface area (Å²) in [7, 11) is 0. The zero-order valence-corrected chi connectivity index (χ0v) is 43.7. The molecule has 6 atom stereocenters. The first kappa shape index (κ1) is 67.2.